The van der Waals surface area contributed by atoms with Crippen LogP contribution in [0.25, 0.3) is 0 Å². The van der Waals surface area contributed by atoms with Crippen LogP contribution in [0.5, 0.6) is 0 Å². The van der Waals surface area contributed by atoms with E-state index in [1.54, 1.807) is 0 Å². The molecule has 0 unspecified atom stereocenters. The van der Waals surface area contributed by atoms with Crippen LogP contribution in [-0.2, 0) is 4.74 Å². The van der Waals surface area contributed by atoms with Gasteiger partial charge in [0, 0.05) is 11.9 Å². The van der Waals surface area contributed by atoms with Gasteiger partial charge in [0.05, 0.1) is 8.07 Å². The van der Waals surface area contributed by atoms with Crippen molar-refractivity contribution in [2.45, 2.75) is 52.4 Å². The molecular weight excluding hydrogens is 218 g/mol. The predicted octanol–water partition coefficient (Wildman–Crippen LogP) is 3.39. The van der Waals surface area contributed by atoms with Crippen LogP contribution in [0.2, 0.25) is 19.6 Å². The van der Waals surface area contributed by atoms with Crippen molar-refractivity contribution in [1.82, 2.24) is 4.90 Å². The van der Waals surface area contributed by atoms with Crippen LogP contribution < -0.4 is 0 Å². The molecule has 0 atom stereocenters. The number of carbonyl (C=O) groups excluding carboxylic acids is 1. The summed E-state index contributed by atoms with van der Waals surface area (Å²) in [5.74, 6) is 0. The molecular formula is C12H23NO2Si. The zero-order valence-electron chi connectivity index (χ0n) is 11.3. The summed E-state index contributed by atoms with van der Waals surface area (Å²) in [6.07, 6.45) is 2.95. The molecule has 16 heavy (non-hydrogen) atoms. The largest absolute Gasteiger partial charge is 0.443 e. The van der Waals surface area contributed by atoms with E-state index in [2.05, 4.69) is 25.7 Å². The van der Waals surface area contributed by atoms with Crippen molar-refractivity contribution in [2.75, 3.05) is 6.54 Å². The molecule has 0 radical (unpaired) electrons. The Bertz CT molecular complexity index is 310. The number of hydrogen-bond acceptors (Lipinski definition) is 2. The lowest BCUT2D eigenvalue weighted by atomic mass is 10.2. The summed E-state index contributed by atoms with van der Waals surface area (Å²) < 4.78 is 5.42. The molecule has 0 fully saturated rings. The summed E-state index contributed by atoms with van der Waals surface area (Å²) in [6.45, 7) is 13.2. The van der Waals surface area contributed by atoms with Gasteiger partial charge in [-0.05, 0) is 27.2 Å². The fraction of sp³-hybridized carbons (Fsp3) is 0.750. The fourth-order valence-corrected chi connectivity index (χ4v) is 3.55. The first kappa shape index (κ1) is 13.3. The first-order chi connectivity index (χ1) is 7.11. The zero-order chi connectivity index (χ0) is 12.6. The summed E-state index contributed by atoms with van der Waals surface area (Å²) in [5.41, 5.74) is -0.412. The Morgan fingerprint density at radius 3 is 2.38 bits per heavy atom. The highest BCUT2D eigenvalue weighted by Gasteiger charge is 2.33. The highest BCUT2D eigenvalue weighted by atomic mass is 28.3. The zero-order valence-corrected chi connectivity index (χ0v) is 12.3. The Labute approximate surface area is 99.5 Å². The van der Waals surface area contributed by atoms with Gasteiger partial charge in [-0.25, -0.2) is 4.79 Å². The molecule has 1 aliphatic rings. The number of carbonyl (C=O) groups is 1. The second-order valence-corrected chi connectivity index (χ2v) is 11.3. The van der Waals surface area contributed by atoms with Gasteiger partial charge in [0.25, 0.3) is 0 Å². The number of ether oxygens (including phenoxy) is 1. The number of hydrogen-bond donors (Lipinski definition) is 0. The molecule has 92 valence electrons. The second kappa shape index (κ2) is 4.24. The maximum atomic E-state index is 12.0. The molecule has 1 aliphatic heterocycles. The lowest BCUT2D eigenvalue weighted by Gasteiger charge is -2.30. The maximum Gasteiger partial charge on any atom is 0.414 e. The van der Waals surface area contributed by atoms with E-state index in [9.17, 15) is 4.79 Å². The molecule has 0 spiro atoms. The first-order valence-corrected chi connectivity index (χ1v) is 9.32. The van der Waals surface area contributed by atoms with E-state index in [4.69, 9.17) is 4.74 Å². The third-order valence-corrected chi connectivity index (χ3v) is 4.37. The van der Waals surface area contributed by atoms with Crippen molar-refractivity contribution < 1.29 is 9.53 Å². The van der Waals surface area contributed by atoms with E-state index in [-0.39, 0.29) is 6.09 Å². The average Bonchev–Trinajstić information content (AvgIpc) is 2.45. The molecule has 0 aromatic heterocycles. The third kappa shape index (κ3) is 3.37. The van der Waals surface area contributed by atoms with E-state index >= 15 is 0 Å². The lowest BCUT2D eigenvalue weighted by molar-refractivity contribution is 0.0340. The van der Waals surface area contributed by atoms with E-state index in [0.29, 0.717) is 0 Å². The molecule has 0 bridgehead atoms. The Kier molecular flexibility index (Phi) is 3.52. The SMILES string of the molecule is CC(C)(C)OC(=O)N1CCC=C1[Si](C)(C)C. The third-order valence-electron chi connectivity index (χ3n) is 2.36. The monoisotopic (exact) mass is 241 g/mol. The van der Waals surface area contributed by atoms with Crippen LogP contribution in [0.1, 0.15) is 27.2 Å². The van der Waals surface area contributed by atoms with Crippen LogP contribution in [0, 0.1) is 0 Å². The molecule has 0 aromatic carbocycles. The number of amides is 1. The summed E-state index contributed by atoms with van der Waals surface area (Å²) >= 11 is 0. The average molecular weight is 241 g/mol. The molecule has 0 aliphatic carbocycles. The molecule has 0 aromatic rings. The van der Waals surface area contributed by atoms with Crippen molar-refractivity contribution in [3.63, 3.8) is 0 Å². The normalized spacial score (nSPS) is 17.4. The van der Waals surface area contributed by atoms with Crippen molar-refractivity contribution >= 4 is 14.2 Å². The highest BCUT2D eigenvalue weighted by Crippen LogP contribution is 2.26. The molecule has 4 heteroatoms. The minimum Gasteiger partial charge on any atom is -0.443 e. The molecule has 1 heterocycles. The molecule has 0 saturated heterocycles. The van der Waals surface area contributed by atoms with Crippen molar-refractivity contribution in [2.24, 2.45) is 0 Å². The van der Waals surface area contributed by atoms with Crippen molar-refractivity contribution in [1.29, 1.82) is 0 Å². The number of nitrogens with zero attached hydrogens (tertiary/aromatic N) is 1. The molecule has 3 nitrogen and oxygen atoms in total. The molecule has 1 rings (SSSR count). The lowest BCUT2D eigenvalue weighted by Crippen LogP contribution is -2.41. The Balaban J connectivity index is 2.75. The van der Waals surface area contributed by atoms with E-state index < -0.39 is 13.7 Å². The van der Waals surface area contributed by atoms with Gasteiger partial charge in [0.15, 0.2) is 0 Å². The maximum absolute atomic E-state index is 12.0. The second-order valence-electron chi connectivity index (χ2n) is 6.26. The summed E-state index contributed by atoms with van der Waals surface area (Å²) in [4.78, 5) is 13.8. The van der Waals surface area contributed by atoms with E-state index in [1.807, 2.05) is 25.7 Å². The molecule has 0 saturated carbocycles. The summed E-state index contributed by atoms with van der Waals surface area (Å²) in [7, 11) is -1.44. The smallest absolute Gasteiger partial charge is 0.414 e. The van der Waals surface area contributed by atoms with Gasteiger partial charge >= 0.3 is 6.09 Å². The summed E-state index contributed by atoms with van der Waals surface area (Å²) in [6, 6.07) is 0. The topological polar surface area (TPSA) is 29.5 Å². The minimum absolute atomic E-state index is 0.196. The Hall–Kier alpha value is -0.773. The van der Waals surface area contributed by atoms with Crippen LogP contribution in [-0.4, -0.2) is 31.2 Å². The van der Waals surface area contributed by atoms with Gasteiger partial charge in [-0.15, -0.1) is 0 Å². The Morgan fingerprint density at radius 1 is 1.38 bits per heavy atom. The minimum atomic E-state index is -1.44. The van der Waals surface area contributed by atoms with Crippen LogP contribution in [0.3, 0.4) is 0 Å². The van der Waals surface area contributed by atoms with Gasteiger partial charge in [-0.3, -0.25) is 4.90 Å². The predicted molar refractivity (Wildman–Crippen MR) is 69.0 cm³/mol. The fourth-order valence-electron chi connectivity index (χ4n) is 1.78. The van der Waals surface area contributed by atoms with Crippen LogP contribution >= 0.6 is 0 Å². The van der Waals surface area contributed by atoms with Gasteiger partial charge in [-0.2, -0.15) is 0 Å². The van der Waals surface area contributed by atoms with Gasteiger partial charge < -0.3 is 4.74 Å². The summed E-state index contributed by atoms with van der Waals surface area (Å²) in [5, 5.41) is 1.21. The quantitative estimate of drug-likeness (QED) is 0.659. The first-order valence-electron chi connectivity index (χ1n) is 5.82. The Morgan fingerprint density at radius 2 is 1.94 bits per heavy atom. The van der Waals surface area contributed by atoms with Gasteiger partial charge in [-0.1, -0.05) is 25.7 Å². The van der Waals surface area contributed by atoms with Gasteiger partial charge in [0.1, 0.15) is 5.60 Å². The molecule has 0 N–H and O–H groups in total. The van der Waals surface area contributed by atoms with Crippen molar-refractivity contribution in [3.8, 4) is 0 Å². The van der Waals surface area contributed by atoms with Crippen LogP contribution in [0.4, 0.5) is 4.79 Å². The van der Waals surface area contributed by atoms with Crippen molar-refractivity contribution in [3.05, 3.63) is 11.4 Å². The van der Waals surface area contributed by atoms with E-state index in [1.165, 1.54) is 5.32 Å². The standard InChI is InChI=1S/C12H23NO2Si/c1-12(2,3)15-11(14)13-9-7-8-10(13)16(4,5)6/h8H,7,9H2,1-6H3. The van der Waals surface area contributed by atoms with Gasteiger partial charge in [0.2, 0.25) is 0 Å². The highest BCUT2D eigenvalue weighted by molar-refractivity contribution is 6.83. The van der Waals surface area contributed by atoms with E-state index in [0.717, 1.165) is 13.0 Å². The number of rotatable bonds is 1. The van der Waals surface area contributed by atoms with Crippen LogP contribution in [0.15, 0.2) is 11.4 Å². The molecule has 1 amide bonds.